The van der Waals surface area contributed by atoms with E-state index in [2.05, 4.69) is 33.1 Å². The van der Waals surface area contributed by atoms with Gasteiger partial charge in [-0.2, -0.15) is 0 Å². The van der Waals surface area contributed by atoms with Crippen LogP contribution in [0.2, 0.25) is 0 Å². The molecule has 1 saturated heterocycles. The van der Waals surface area contributed by atoms with Crippen molar-refractivity contribution in [2.45, 2.75) is 16.2 Å². The first-order chi connectivity index (χ1) is 16.1. The van der Waals surface area contributed by atoms with E-state index in [0.717, 1.165) is 4.47 Å². The summed E-state index contributed by atoms with van der Waals surface area (Å²) < 4.78 is 32.9. The van der Waals surface area contributed by atoms with E-state index in [1.807, 2.05) is 4.90 Å². The van der Waals surface area contributed by atoms with Crippen LogP contribution in [-0.4, -0.2) is 68.0 Å². The molecule has 1 aliphatic heterocycles. The molecule has 0 saturated carbocycles. The van der Waals surface area contributed by atoms with E-state index in [9.17, 15) is 23.1 Å². The van der Waals surface area contributed by atoms with Crippen molar-refractivity contribution < 1.29 is 27.9 Å². The number of rotatable bonds is 7. The summed E-state index contributed by atoms with van der Waals surface area (Å²) in [5.74, 6) is 3.12. The zero-order valence-electron chi connectivity index (χ0n) is 18.2. The lowest BCUT2D eigenvalue weighted by atomic mass is 10.2. The van der Waals surface area contributed by atoms with Crippen molar-refractivity contribution in [1.82, 2.24) is 4.90 Å². The fourth-order valence-corrected chi connectivity index (χ4v) is 5.02. The Bertz CT molecular complexity index is 1220. The maximum atomic E-state index is 13.4. The number of carboxylic acids is 1. The van der Waals surface area contributed by atoms with Gasteiger partial charge in [-0.25, -0.2) is 13.2 Å². The third-order valence-electron chi connectivity index (χ3n) is 5.26. The lowest BCUT2D eigenvalue weighted by Crippen LogP contribution is -2.54. The van der Waals surface area contributed by atoms with Crippen LogP contribution < -0.4 is 11.1 Å². The van der Waals surface area contributed by atoms with Crippen LogP contribution in [0.25, 0.3) is 0 Å². The average Bonchev–Trinajstić information content (AvgIpc) is 2.82. The van der Waals surface area contributed by atoms with Crippen molar-refractivity contribution in [3.05, 3.63) is 58.6 Å². The predicted molar refractivity (Wildman–Crippen MR) is 130 cm³/mol. The molecule has 11 heteroatoms. The van der Waals surface area contributed by atoms with Crippen molar-refractivity contribution in [2.24, 2.45) is 5.73 Å². The van der Waals surface area contributed by atoms with Crippen molar-refractivity contribution in [1.29, 1.82) is 0 Å². The maximum Gasteiger partial charge on any atom is 0.340 e. The molecular formula is C23H24BrN3O6S. The number of amides is 1. The second-order valence-corrected chi connectivity index (χ2v) is 10.7. The molecule has 34 heavy (non-hydrogen) atoms. The van der Waals surface area contributed by atoms with Gasteiger partial charge in [0.2, 0.25) is 14.7 Å². The van der Waals surface area contributed by atoms with Gasteiger partial charge in [-0.05, 0) is 36.4 Å². The highest BCUT2D eigenvalue weighted by Crippen LogP contribution is 2.31. The maximum absolute atomic E-state index is 13.4. The highest BCUT2D eigenvalue weighted by atomic mass is 79.9. The van der Waals surface area contributed by atoms with Gasteiger partial charge in [0.1, 0.15) is 0 Å². The van der Waals surface area contributed by atoms with Crippen molar-refractivity contribution >= 4 is 43.3 Å². The Morgan fingerprint density at radius 3 is 2.41 bits per heavy atom. The molecule has 0 aromatic heterocycles. The Labute approximate surface area is 206 Å². The number of nitrogens with two attached hydrogens (primary N) is 1. The van der Waals surface area contributed by atoms with Gasteiger partial charge in [0, 0.05) is 23.1 Å². The highest BCUT2D eigenvalue weighted by Gasteiger charge is 2.49. The number of carbonyl (C=O) groups excluding carboxylic acids is 1. The average molecular weight is 550 g/mol. The Balaban J connectivity index is 1.85. The van der Waals surface area contributed by atoms with Crippen LogP contribution in [0.15, 0.2) is 57.9 Å². The van der Waals surface area contributed by atoms with E-state index >= 15 is 0 Å². The normalized spacial score (nSPS) is 16.1. The second-order valence-electron chi connectivity index (χ2n) is 7.57. The number of sulfone groups is 1. The van der Waals surface area contributed by atoms with Gasteiger partial charge < -0.3 is 20.9 Å². The molecule has 1 amide bonds. The number of benzene rings is 2. The molecule has 1 heterocycles. The molecule has 0 aliphatic carbocycles. The van der Waals surface area contributed by atoms with E-state index in [1.165, 1.54) is 24.3 Å². The molecule has 0 bridgehead atoms. The number of nitrogens with one attached hydrogen (secondary N) is 1. The topological polar surface area (TPSA) is 139 Å². The number of anilines is 1. The first-order valence-electron chi connectivity index (χ1n) is 10.3. The first-order valence-corrected chi connectivity index (χ1v) is 12.6. The number of ether oxygens (including phenoxy) is 1. The fraction of sp³-hybridized carbons (Fsp3) is 0.304. The quantitative estimate of drug-likeness (QED) is 0.445. The standard InChI is InChI=1S/C23H24BrN3O6S/c24-18-9-7-17(8-10-18)21(28)26-19-5-1-2-6-20(19)34(31,32)23(25,22(29)30)11-3-4-12-27-13-15-33-16-14-27/h1-2,5-10H,11-16,25H2,(H,26,28)(H,29,30). The summed E-state index contributed by atoms with van der Waals surface area (Å²) >= 11 is 3.28. The predicted octanol–water partition coefficient (Wildman–Crippen LogP) is 1.94. The van der Waals surface area contributed by atoms with E-state index in [1.54, 1.807) is 24.3 Å². The molecule has 180 valence electrons. The minimum atomic E-state index is -4.65. The molecule has 3 rings (SSSR count). The van der Waals surface area contributed by atoms with Crippen LogP contribution >= 0.6 is 15.9 Å². The third kappa shape index (κ3) is 5.84. The number of morpholine rings is 1. The number of carbonyl (C=O) groups is 2. The number of aliphatic carboxylic acids is 1. The van der Waals surface area contributed by atoms with Crippen LogP contribution in [0.4, 0.5) is 5.69 Å². The van der Waals surface area contributed by atoms with Crippen LogP contribution in [-0.2, 0) is 19.4 Å². The minimum Gasteiger partial charge on any atom is -0.479 e. The van der Waals surface area contributed by atoms with E-state index in [-0.39, 0.29) is 5.69 Å². The monoisotopic (exact) mass is 549 g/mol. The second kappa shape index (κ2) is 11.1. The minimum absolute atomic E-state index is 0.0761. The molecule has 1 aliphatic rings. The molecular weight excluding hydrogens is 526 g/mol. The molecule has 9 nitrogen and oxygen atoms in total. The number of hydrogen-bond acceptors (Lipinski definition) is 7. The SMILES string of the molecule is NC(CC#CCN1CCOCC1)(C(=O)O)S(=O)(=O)c1ccccc1NC(=O)c1ccc(Br)cc1. The molecule has 4 N–H and O–H groups in total. The Morgan fingerprint density at radius 1 is 1.12 bits per heavy atom. The number of halogens is 1. The van der Waals surface area contributed by atoms with Crippen molar-refractivity contribution in [2.75, 3.05) is 38.2 Å². The zero-order valence-corrected chi connectivity index (χ0v) is 20.6. The van der Waals surface area contributed by atoms with Gasteiger partial charge in [0.25, 0.3) is 5.91 Å². The molecule has 1 atom stereocenters. The zero-order chi connectivity index (χ0) is 24.8. The smallest absolute Gasteiger partial charge is 0.340 e. The Kier molecular flexibility index (Phi) is 8.46. The molecule has 1 fully saturated rings. The van der Waals surface area contributed by atoms with Gasteiger partial charge in [0.15, 0.2) is 0 Å². The molecule has 0 spiro atoms. The van der Waals surface area contributed by atoms with Crippen LogP contribution in [0.3, 0.4) is 0 Å². The fourth-order valence-electron chi connectivity index (χ4n) is 3.20. The van der Waals surface area contributed by atoms with Crippen molar-refractivity contribution in [3.63, 3.8) is 0 Å². The third-order valence-corrected chi connectivity index (χ3v) is 8.00. The number of nitrogens with zero attached hydrogens (tertiary/aromatic N) is 1. The largest absolute Gasteiger partial charge is 0.479 e. The summed E-state index contributed by atoms with van der Waals surface area (Å²) in [6, 6.07) is 12.0. The van der Waals surface area contributed by atoms with E-state index in [0.29, 0.717) is 38.4 Å². The van der Waals surface area contributed by atoms with Crippen molar-refractivity contribution in [3.8, 4) is 11.8 Å². The lowest BCUT2D eigenvalue weighted by Gasteiger charge is -2.25. The molecule has 2 aromatic carbocycles. The summed E-state index contributed by atoms with van der Waals surface area (Å²) in [4.78, 5) is 23.6. The molecule has 0 radical (unpaired) electrons. The number of hydrogen-bond donors (Lipinski definition) is 3. The van der Waals surface area contributed by atoms with Crippen LogP contribution in [0.1, 0.15) is 16.8 Å². The van der Waals surface area contributed by atoms with Gasteiger partial charge in [-0.1, -0.05) is 39.9 Å². The Morgan fingerprint density at radius 2 is 1.76 bits per heavy atom. The van der Waals surface area contributed by atoms with Gasteiger partial charge in [-0.15, -0.1) is 0 Å². The van der Waals surface area contributed by atoms with E-state index < -0.39 is 37.9 Å². The summed E-state index contributed by atoms with van der Waals surface area (Å²) in [5.41, 5.74) is 6.17. The van der Waals surface area contributed by atoms with Crippen LogP contribution in [0, 0.1) is 11.8 Å². The molecule has 2 aromatic rings. The highest BCUT2D eigenvalue weighted by molar-refractivity contribution is 9.10. The first kappa shape index (κ1) is 25.9. The van der Waals surface area contributed by atoms with E-state index in [4.69, 9.17) is 10.5 Å². The number of para-hydroxylation sites is 1. The van der Waals surface area contributed by atoms with Crippen LogP contribution in [0.5, 0.6) is 0 Å². The molecule has 1 unspecified atom stereocenters. The summed E-state index contributed by atoms with van der Waals surface area (Å²) in [5, 5.41) is 12.3. The van der Waals surface area contributed by atoms with Gasteiger partial charge in [0.05, 0.1) is 36.8 Å². The lowest BCUT2D eigenvalue weighted by molar-refractivity contribution is -0.139. The van der Waals surface area contributed by atoms with Gasteiger partial charge >= 0.3 is 5.97 Å². The Hall–Kier alpha value is -2.75. The number of carboxylic acid groups (broad SMARTS) is 1. The summed E-state index contributed by atoms with van der Waals surface area (Å²) in [6.07, 6.45) is -0.621. The summed E-state index contributed by atoms with van der Waals surface area (Å²) in [6.45, 7) is 2.87. The summed E-state index contributed by atoms with van der Waals surface area (Å²) in [7, 11) is -4.65. The van der Waals surface area contributed by atoms with Gasteiger partial charge in [-0.3, -0.25) is 9.69 Å².